The van der Waals surface area contributed by atoms with Crippen LogP contribution in [0.4, 0.5) is 0 Å². The molecule has 0 spiro atoms. The van der Waals surface area contributed by atoms with Crippen LogP contribution < -0.4 is 10.6 Å². The Balaban J connectivity index is 2.23. The monoisotopic (exact) mass is 248 g/mol. The number of dihydropyridines is 2. The van der Waals surface area contributed by atoms with Crippen LogP contribution in [0.25, 0.3) is 0 Å². The Hall–Kier alpha value is -2.50. The average molecular weight is 248 g/mol. The number of carbonyl (C=O) groups is 2. The maximum absolute atomic E-state index is 10.9. The molecule has 0 aromatic heterocycles. The van der Waals surface area contributed by atoms with E-state index in [1.807, 2.05) is 0 Å². The quantitative estimate of drug-likeness (QED) is 0.560. The van der Waals surface area contributed by atoms with Gasteiger partial charge in [0, 0.05) is 12.2 Å². The van der Waals surface area contributed by atoms with E-state index in [1.165, 1.54) is 24.4 Å². The number of nitrogens with one attached hydrogen (secondary N) is 2. The Bertz CT molecular complexity index is 514. The second-order valence-corrected chi connectivity index (χ2v) is 3.85. The van der Waals surface area contributed by atoms with Crippen molar-refractivity contribution in [2.24, 2.45) is 0 Å². The van der Waals surface area contributed by atoms with Crippen LogP contribution in [0.5, 0.6) is 0 Å². The molecular weight excluding hydrogens is 236 g/mol. The highest BCUT2D eigenvalue weighted by molar-refractivity contribution is 5.91. The molecule has 2 aliphatic rings. The van der Waals surface area contributed by atoms with Gasteiger partial charge in [0.15, 0.2) is 0 Å². The third-order valence-corrected chi connectivity index (χ3v) is 2.65. The van der Waals surface area contributed by atoms with Crippen molar-refractivity contribution in [1.29, 1.82) is 0 Å². The van der Waals surface area contributed by atoms with Gasteiger partial charge < -0.3 is 20.8 Å². The summed E-state index contributed by atoms with van der Waals surface area (Å²) in [6.45, 7) is 0.408. The zero-order valence-electron chi connectivity index (χ0n) is 9.38. The van der Waals surface area contributed by atoms with E-state index in [9.17, 15) is 9.59 Å². The van der Waals surface area contributed by atoms with Crippen LogP contribution in [0.2, 0.25) is 0 Å². The Labute approximate surface area is 103 Å². The third kappa shape index (κ3) is 2.42. The lowest BCUT2D eigenvalue weighted by molar-refractivity contribution is -0.133. The molecule has 0 saturated carbocycles. The molecule has 18 heavy (non-hydrogen) atoms. The summed E-state index contributed by atoms with van der Waals surface area (Å²) in [4.78, 5) is 21.7. The minimum atomic E-state index is -1.01. The number of carboxylic acid groups (broad SMARTS) is 2. The molecule has 0 amide bonds. The van der Waals surface area contributed by atoms with Crippen molar-refractivity contribution in [1.82, 2.24) is 10.6 Å². The van der Waals surface area contributed by atoms with Gasteiger partial charge in [0.05, 0.1) is 17.2 Å². The first-order chi connectivity index (χ1) is 8.58. The van der Waals surface area contributed by atoms with Crippen LogP contribution in [0.3, 0.4) is 0 Å². The first-order valence-corrected chi connectivity index (χ1v) is 5.34. The zero-order valence-corrected chi connectivity index (χ0v) is 9.38. The Morgan fingerprint density at radius 2 is 1.94 bits per heavy atom. The first-order valence-electron chi connectivity index (χ1n) is 5.34. The molecule has 2 rings (SSSR count). The van der Waals surface area contributed by atoms with E-state index in [2.05, 4.69) is 10.6 Å². The van der Waals surface area contributed by atoms with E-state index in [0.29, 0.717) is 12.2 Å². The molecule has 0 aromatic rings. The van der Waals surface area contributed by atoms with Crippen LogP contribution in [-0.2, 0) is 9.59 Å². The van der Waals surface area contributed by atoms with E-state index < -0.39 is 11.9 Å². The molecule has 6 heteroatoms. The van der Waals surface area contributed by atoms with Crippen LogP contribution in [-0.4, -0.2) is 34.7 Å². The Kier molecular flexibility index (Phi) is 3.18. The summed E-state index contributed by atoms with van der Waals surface area (Å²) in [5.41, 5.74) is 1.01. The predicted molar refractivity (Wildman–Crippen MR) is 63.6 cm³/mol. The molecule has 2 aliphatic heterocycles. The molecule has 6 nitrogen and oxygen atoms in total. The van der Waals surface area contributed by atoms with E-state index in [-0.39, 0.29) is 17.2 Å². The summed E-state index contributed by atoms with van der Waals surface area (Å²) in [7, 11) is 0. The number of hydrogen-bond acceptors (Lipinski definition) is 4. The third-order valence-electron chi connectivity index (χ3n) is 2.65. The van der Waals surface area contributed by atoms with Crippen molar-refractivity contribution >= 4 is 11.9 Å². The Morgan fingerprint density at radius 3 is 2.61 bits per heavy atom. The van der Waals surface area contributed by atoms with Gasteiger partial charge in [0.25, 0.3) is 0 Å². The van der Waals surface area contributed by atoms with Crippen LogP contribution in [0.1, 0.15) is 0 Å². The lowest BCUT2D eigenvalue weighted by Gasteiger charge is -2.24. The molecule has 0 bridgehead atoms. The van der Waals surface area contributed by atoms with Crippen molar-refractivity contribution in [3.05, 3.63) is 47.3 Å². The highest BCUT2D eigenvalue weighted by Crippen LogP contribution is 2.15. The first kappa shape index (κ1) is 12.0. The van der Waals surface area contributed by atoms with Crippen LogP contribution in [0.15, 0.2) is 47.3 Å². The van der Waals surface area contributed by atoms with Gasteiger partial charge in [-0.25, -0.2) is 9.59 Å². The second-order valence-electron chi connectivity index (χ2n) is 3.85. The van der Waals surface area contributed by atoms with Crippen molar-refractivity contribution in [2.75, 3.05) is 6.54 Å². The summed E-state index contributed by atoms with van der Waals surface area (Å²) in [5.74, 6) is -2.01. The number of hydrogen-bond donors (Lipinski definition) is 4. The maximum atomic E-state index is 10.9. The molecule has 94 valence electrons. The van der Waals surface area contributed by atoms with Gasteiger partial charge in [-0.2, -0.15) is 0 Å². The fourth-order valence-electron chi connectivity index (χ4n) is 1.75. The van der Waals surface area contributed by atoms with Gasteiger partial charge in [0.2, 0.25) is 0 Å². The molecule has 2 heterocycles. The fourth-order valence-corrected chi connectivity index (χ4v) is 1.75. The molecule has 0 aliphatic carbocycles. The SMILES string of the molecule is O=C(O)C1=CCNC(C2C=C(C(=O)O)C=CN2)=C1. The average Bonchev–Trinajstić information content (AvgIpc) is 2.39. The summed E-state index contributed by atoms with van der Waals surface area (Å²) in [6.07, 6.45) is 7.59. The summed E-state index contributed by atoms with van der Waals surface area (Å²) < 4.78 is 0. The molecule has 0 aromatic carbocycles. The normalized spacial score (nSPS) is 22.0. The van der Waals surface area contributed by atoms with Gasteiger partial charge in [0.1, 0.15) is 0 Å². The molecule has 0 saturated heterocycles. The molecule has 1 atom stereocenters. The second kappa shape index (κ2) is 4.79. The maximum Gasteiger partial charge on any atom is 0.335 e. The fraction of sp³-hybridized carbons (Fsp3) is 0.167. The minimum absolute atomic E-state index is 0.174. The van der Waals surface area contributed by atoms with Gasteiger partial charge in [-0.1, -0.05) is 6.08 Å². The molecule has 1 unspecified atom stereocenters. The predicted octanol–water partition coefficient (Wildman–Crippen LogP) is -0.0190. The van der Waals surface area contributed by atoms with Crippen LogP contribution in [0, 0.1) is 0 Å². The lowest BCUT2D eigenvalue weighted by atomic mass is 10.0. The van der Waals surface area contributed by atoms with Crippen molar-refractivity contribution in [3.63, 3.8) is 0 Å². The van der Waals surface area contributed by atoms with E-state index >= 15 is 0 Å². The zero-order chi connectivity index (χ0) is 13.1. The van der Waals surface area contributed by atoms with Gasteiger partial charge in [-0.05, 0) is 24.4 Å². The van der Waals surface area contributed by atoms with Crippen molar-refractivity contribution in [2.45, 2.75) is 6.04 Å². The van der Waals surface area contributed by atoms with E-state index in [1.54, 1.807) is 6.08 Å². The summed E-state index contributed by atoms with van der Waals surface area (Å²) in [6, 6.07) is -0.357. The number of rotatable bonds is 3. The lowest BCUT2D eigenvalue weighted by Crippen LogP contribution is -2.36. The molecule has 0 fully saturated rings. The van der Waals surface area contributed by atoms with Gasteiger partial charge in [-0.15, -0.1) is 0 Å². The van der Waals surface area contributed by atoms with Crippen molar-refractivity contribution in [3.8, 4) is 0 Å². The van der Waals surface area contributed by atoms with Gasteiger partial charge >= 0.3 is 11.9 Å². The minimum Gasteiger partial charge on any atom is -0.478 e. The largest absolute Gasteiger partial charge is 0.478 e. The van der Waals surface area contributed by atoms with E-state index in [0.717, 1.165) is 0 Å². The van der Waals surface area contributed by atoms with Crippen molar-refractivity contribution < 1.29 is 19.8 Å². The smallest absolute Gasteiger partial charge is 0.335 e. The molecule has 0 radical (unpaired) electrons. The summed E-state index contributed by atoms with van der Waals surface area (Å²) in [5, 5.41) is 23.8. The molecule has 4 N–H and O–H groups in total. The number of carboxylic acids is 2. The highest BCUT2D eigenvalue weighted by Gasteiger charge is 2.19. The van der Waals surface area contributed by atoms with Gasteiger partial charge in [-0.3, -0.25) is 0 Å². The molecular formula is C12H12N2O4. The summed E-state index contributed by atoms with van der Waals surface area (Å²) >= 11 is 0. The number of aliphatic carboxylic acids is 2. The van der Waals surface area contributed by atoms with E-state index in [4.69, 9.17) is 10.2 Å². The standard InChI is InChI=1S/C12H12N2O4/c15-11(16)7-1-3-13-9(5-7)10-6-8(12(17)18)2-4-14-10/h1-3,5-6,9,13-14H,4H2,(H,15,16)(H,17,18). The highest BCUT2D eigenvalue weighted by atomic mass is 16.4. The Morgan fingerprint density at radius 1 is 1.22 bits per heavy atom. The topological polar surface area (TPSA) is 98.7 Å². The van der Waals surface area contributed by atoms with Crippen LogP contribution >= 0.6 is 0 Å².